The Kier molecular flexibility index (Phi) is 3.88. The van der Waals surface area contributed by atoms with Gasteiger partial charge in [0.1, 0.15) is 0 Å². The van der Waals surface area contributed by atoms with Crippen LogP contribution in [0.2, 0.25) is 0 Å². The van der Waals surface area contributed by atoms with E-state index >= 15 is 0 Å². The smallest absolute Gasteiger partial charge is 0.163 e. The SMILES string of the molecule is O=C(CCSc1cc2ccccc2[nH]1)c1ccccc1. The van der Waals surface area contributed by atoms with Crippen molar-refractivity contribution in [2.24, 2.45) is 0 Å². The Bertz CT molecular complexity index is 685. The van der Waals surface area contributed by atoms with Crippen molar-refractivity contribution in [1.29, 1.82) is 0 Å². The summed E-state index contributed by atoms with van der Waals surface area (Å²) in [6.07, 6.45) is 0.560. The number of benzene rings is 2. The molecule has 0 bridgehead atoms. The quantitative estimate of drug-likeness (QED) is 0.550. The van der Waals surface area contributed by atoms with Gasteiger partial charge in [-0.25, -0.2) is 0 Å². The molecule has 0 amide bonds. The molecule has 0 spiro atoms. The number of nitrogens with one attached hydrogen (secondary N) is 1. The third-order valence-corrected chi connectivity index (χ3v) is 4.13. The van der Waals surface area contributed by atoms with Gasteiger partial charge >= 0.3 is 0 Å². The molecule has 2 nitrogen and oxygen atoms in total. The number of para-hydroxylation sites is 1. The molecule has 2 aromatic carbocycles. The van der Waals surface area contributed by atoms with E-state index in [2.05, 4.69) is 23.2 Å². The first-order valence-electron chi connectivity index (χ1n) is 6.62. The second-order valence-electron chi connectivity index (χ2n) is 4.61. The molecule has 1 aromatic heterocycles. The van der Waals surface area contributed by atoms with Crippen LogP contribution in [0.25, 0.3) is 10.9 Å². The van der Waals surface area contributed by atoms with E-state index in [1.807, 2.05) is 42.5 Å². The van der Waals surface area contributed by atoms with E-state index in [1.54, 1.807) is 11.8 Å². The zero-order valence-corrected chi connectivity index (χ0v) is 11.8. The number of Topliss-reactive ketones (excluding diaryl/α,β-unsaturated/α-hetero) is 1. The van der Waals surface area contributed by atoms with Gasteiger partial charge in [0, 0.05) is 28.6 Å². The van der Waals surface area contributed by atoms with E-state index in [0.29, 0.717) is 6.42 Å². The topological polar surface area (TPSA) is 32.9 Å². The van der Waals surface area contributed by atoms with Gasteiger partial charge in [0.2, 0.25) is 0 Å². The van der Waals surface area contributed by atoms with Gasteiger partial charge in [0.05, 0.1) is 5.03 Å². The minimum Gasteiger partial charge on any atom is -0.350 e. The number of rotatable bonds is 5. The minimum absolute atomic E-state index is 0.203. The van der Waals surface area contributed by atoms with E-state index in [1.165, 1.54) is 5.39 Å². The Balaban J connectivity index is 1.58. The van der Waals surface area contributed by atoms with Crippen molar-refractivity contribution in [1.82, 2.24) is 4.98 Å². The number of thioether (sulfide) groups is 1. The van der Waals surface area contributed by atoms with Crippen LogP contribution in [0.3, 0.4) is 0 Å². The van der Waals surface area contributed by atoms with Gasteiger partial charge in [-0.2, -0.15) is 0 Å². The first-order valence-corrected chi connectivity index (χ1v) is 7.60. The lowest BCUT2D eigenvalue weighted by atomic mass is 10.1. The van der Waals surface area contributed by atoms with Crippen molar-refractivity contribution < 1.29 is 4.79 Å². The molecule has 0 fully saturated rings. The molecule has 0 aliphatic rings. The van der Waals surface area contributed by atoms with Crippen LogP contribution in [0.15, 0.2) is 65.7 Å². The zero-order chi connectivity index (χ0) is 13.8. The van der Waals surface area contributed by atoms with E-state index in [9.17, 15) is 4.79 Å². The first kappa shape index (κ1) is 13.0. The van der Waals surface area contributed by atoms with Gasteiger partial charge < -0.3 is 4.98 Å². The van der Waals surface area contributed by atoms with E-state index in [-0.39, 0.29) is 5.78 Å². The van der Waals surface area contributed by atoms with Gasteiger partial charge in [0.15, 0.2) is 5.78 Å². The van der Waals surface area contributed by atoms with Gasteiger partial charge in [-0.1, -0.05) is 48.5 Å². The summed E-state index contributed by atoms with van der Waals surface area (Å²) in [6, 6.07) is 19.8. The maximum absolute atomic E-state index is 12.0. The van der Waals surface area contributed by atoms with Crippen molar-refractivity contribution >= 4 is 28.4 Å². The molecule has 3 rings (SSSR count). The number of aromatic nitrogens is 1. The molecule has 0 radical (unpaired) electrons. The van der Waals surface area contributed by atoms with Crippen LogP contribution in [0.1, 0.15) is 16.8 Å². The monoisotopic (exact) mass is 281 g/mol. The number of hydrogen-bond acceptors (Lipinski definition) is 2. The molecule has 0 atom stereocenters. The molecule has 0 saturated carbocycles. The molecule has 0 unspecified atom stereocenters. The molecule has 1 N–H and O–H groups in total. The summed E-state index contributed by atoms with van der Waals surface area (Å²) in [7, 11) is 0. The maximum atomic E-state index is 12.0. The Morgan fingerprint density at radius 3 is 2.55 bits per heavy atom. The number of carbonyl (C=O) groups is 1. The van der Waals surface area contributed by atoms with E-state index in [0.717, 1.165) is 21.9 Å². The highest BCUT2D eigenvalue weighted by Gasteiger charge is 2.06. The van der Waals surface area contributed by atoms with Crippen molar-refractivity contribution in [3.8, 4) is 0 Å². The number of aromatic amines is 1. The zero-order valence-electron chi connectivity index (χ0n) is 11.0. The van der Waals surface area contributed by atoms with Gasteiger partial charge in [-0.05, 0) is 12.1 Å². The van der Waals surface area contributed by atoms with Crippen molar-refractivity contribution in [2.45, 2.75) is 11.4 Å². The van der Waals surface area contributed by atoms with E-state index in [4.69, 9.17) is 0 Å². The molecule has 0 aliphatic carbocycles. The lowest BCUT2D eigenvalue weighted by molar-refractivity contribution is 0.0989. The fraction of sp³-hybridized carbons (Fsp3) is 0.118. The number of carbonyl (C=O) groups excluding carboxylic acids is 1. The maximum Gasteiger partial charge on any atom is 0.163 e. The summed E-state index contributed by atoms with van der Waals surface area (Å²) in [4.78, 5) is 15.3. The number of hydrogen-bond donors (Lipinski definition) is 1. The molecule has 100 valence electrons. The molecule has 3 aromatic rings. The summed E-state index contributed by atoms with van der Waals surface area (Å²) >= 11 is 1.69. The summed E-state index contributed by atoms with van der Waals surface area (Å²) in [6.45, 7) is 0. The van der Waals surface area contributed by atoms with Gasteiger partial charge in [-0.15, -0.1) is 11.8 Å². The van der Waals surface area contributed by atoms with Crippen LogP contribution in [0.4, 0.5) is 0 Å². The lowest BCUT2D eigenvalue weighted by Crippen LogP contribution is -1.99. The average molecular weight is 281 g/mol. The number of ketones is 1. The van der Waals surface area contributed by atoms with Crippen LogP contribution in [-0.4, -0.2) is 16.5 Å². The molecule has 0 aliphatic heterocycles. The summed E-state index contributed by atoms with van der Waals surface area (Å²) in [5, 5.41) is 2.33. The molecular formula is C17H15NOS. The molecular weight excluding hydrogens is 266 g/mol. The Hall–Kier alpha value is -2.00. The highest BCUT2D eigenvalue weighted by Crippen LogP contribution is 2.23. The third kappa shape index (κ3) is 2.94. The van der Waals surface area contributed by atoms with Crippen LogP contribution in [0.5, 0.6) is 0 Å². The summed E-state index contributed by atoms with van der Waals surface area (Å²) < 4.78 is 0. The lowest BCUT2D eigenvalue weighted by Gasteiger charge is -2.00. The predicted molar refractivity (Wildman–Crippen MR) is 84.4 cm³/mol. The number of H-pyrrole nitrogens is 1. The van der Waals surface area contributed by atoms with E-state index < -0.39 is 0 Å². The Labute approximate surface area is 122 Å². The Morgan fingerprint density at radius 2 is 1.75 bits per heavy atom. The summed E-state index contributed by atoms with van der Waals surface area (Å²) in [5.74, 6) is 0.995. The van der Waals surface area contributed by atoms with Gasteiger partial charge in [-0.3, -0.25) is 4.79 Å². The fourth-order valence-corrected chi connectivity index (χ4v) is 3.05. The average Bonchev–Trinajstić information content (AvgIpc) is 2.90. The molecule has 3 heteroatoms. The van der Waals surface area contributed by atoms with Crippen molar-refractivity contribution in [2.75, 3.05) is 5.75 Å². The summed E-state index contributed by atoms with van der Waals surface area (Å²) in [5.41, 5.74) is 1.94. The molecule has 20 heavy (non-hydrogen) atoms. The highest BCUT2D eigenvalue weighted by molar-refractivity contribution is 7.99. The number of fused-ring (bicyclic) bond motifs is 1. The normalized spacial score (nSPS) is 10.8. The highest BCUT2D eigenvalue weighted by atomic mass is 32.2. The fourth-order valence-electron chi connectivity index (χ4n) is 2.15. The van der Waals surface area contributed by atoms with Gasteiger partial charge in [0.25, 0.3) is 0 Å². The molecule has 0 saturated heterocycles. The van der Waals surface area contributed by atoms with Crippen molar-refractivity contribution in [3.63, 3.8) is 0 Å². The van der Waals surface area contributed by atoms with Crippen LogP contribution >= 0.6 is 11.8 Å². The second-order valence-corrected chi connectivity index (χ2v) is 5.75. The van der Waals surface area contributed by atoms with Crippen LogP contribution in [-0.2, 0) is 0 Å². The van der Waals surface area contributed by atoms with Crippen LogP contribution < -0.4 is 0 Å². The third-order valence-electron chi connectivity index (χ3n) is 3.19. The second kappa shape index (κ2) is 5.97. The van der Waals surface area contributed by atoms with Crippen LogP contribution in [0, 0.1) is 0 Å². The predicted octanol–water partition coefficient (Wildman–Crippen LogP) is 4.53. The Morgan fingerprint density at radius 1 is 1.00 bits per heavy atom. The largest absolute Gasteiger partial charge is 0.350 e. The molecule has 1 heterocycles. The minimum atomic E-state index is 0.203. The first-order chi connectivity index (χ1) is 9.83. The standard InChI is InChI=1S/C17H15NOS/c19-16(13-6-2-1-3-7-13)10-11-20-17-12-14-8-4-5-9-15(14)18-17/h1-9,12,18H,10-11H2. The van der Waals surface area contributed by atoms with Crippen molar-refractivity contribution in [3.05, 3.63) is 66.2 Å².